The summed E-state index contributed by atoms with van der Waals surface area (Å²) in [6.07, 6.45) is 0. The average molecular weight is 291 g/mol. The number of nitro benzene ring substituents is 1. The number of nitro groups is 1. The molecule has 0 radical (unpaired) electrons. The summed E-state index contributed by atoms with van der Waals surface area (Å²) in [7, 11) is 1.54. The third-order valence-electron chi connectivity index (χ3n) is 3.18. The van der Waals surface area contributed by atoms with Gasteiger partial charge in [-0.2, -0.15) is 0 Å². The topological polar surface area (TPSA) is 128 Å². The fourth-order valence-electron chi connectivity index (χ4n) is 1.81. The minimum atomic E-state index is -0.489. The van der Waals surface area contributed by atoms with Crippen molar-refractivity contribution in [2.45, 2.75) is 13.0 Å². The quantitative estimate of drug-likeness (QED) is 0.665. The fourth-order valence-corrected chi connectivity index (χ4v) is 1.81. The standard InChI is InChI=1S/C12H13N5O4/c1-7(8-4-3-5-9(6-8)17(19)20)16(2)12(18)10-11(13)15-21-14-10/h3-7H,1-2H3,(H2,13,15). The number of nitrogens with two attached hydrogens (primary N) is 1. The largest absolute Gasteiger partial charge is 0.379 e. The maximum Gasteiger partial charge on any atom is 0.280 e. The van der Waals surface area contributed by atoms with Crippen LogP contribution in [0.2, 0.25) is 0 Å². The number of amides is 1. The van der Waals surface area contributed by atoms with E-state index in [0.717, 1.165) is 0 Å². The van der Waals surface area contributed by atoms with Gasteiger partial charge in [-0.05, 0) is 22.8 Å². The Morgan fingerprint density at radius 2 is 2.19 bits per heavy atom. The number of carbonyl (C=O) groups excluding carboxylic acids is 1. The number of anilines is 1. The van der Waals surface area contributed by atoms with Crippen LogP contribution in [0.25, 0.3) is 0 Å². The molecule has 9 nitrogen and oxygen atoms in total. The first-order chi connectivity index (χ1) is 9.91. The lowest BCUT2D eigenvalue weighted by atomic mass is 10.1. The Labute approximate surface area is 119 Å². The molecular weight excluding hydrogens is 278 g/mol. The van der Waals surface area contributed by atoms with Gasteiger partial charge in [0.25, 0.3) is 11.6 Å². The van der Waals surface area contributed by atoms with Gasteiger partial charge in [-0.25, -0.2) is 4.63 Å². The van der Waals surface area contributed by atoms with Gasteiger partial charge >= 0.3 is 0 Å². The second-order valence-corrected chi connectivity index (χ2v) is 4.44. The number of hydrogen-bond donors (Lipinski definition) is 1. The van der Waals surface area contributed by atoms with E-state index in [0.29, 0.717) is 5.56 Å². The van der Waals surface area contributed by atoms with E-state index in [4.69, 9.17) is 5.73 Å². The van der Waals surface area contributed by atoms with Crippen LogP contribution >= 0.6 is 0 Å². The SMILES string of the molecule is CC(c1cccc([N+](=O)[O-])c1)N(C)C(=O)c1nonc1N. The molecule has 0 saturated carbocycles. The molecule has 0 saturated heterocycles. The zero-order valence-electron chi connectivity index (χ0n) is 11.4. The highest BCUT2D eigenvalue weighted by Crippen LogP contribution is 2.24. The Bertz CT molecular complexity index is 684. The summed E-state index contributed by atoms with van der Waals surface area (Å²) in [6.45, 7) is 1.74. The van der Waals surface area contributed by atoms with Crippen molar-refractivity contribution in [1.29, 1.82) is 0 Å². The van der Waals surface area contributed by atoms with Gasteiger partial charge in [0.05, 0.1) is 11.0 Å². The number of nitrogens with zero attached hydrogens (tertiary/aromatic N) is 4. The number of rotatable bonds is 4. The predicted molar refractivity (Wildman–Crippen MR) is 72.3 cm³/mol. The molecule has 1 amide bonds. The first-order valence-corrected chi connectivity index (χ1v) is 6.01. The molecule has 2 N–H and O–H groups in total. The first-order valence-electron chi connectivity index (χ1n) is 6.01. The summed E-state index contributed by atoms with van der Waals surface area (Å²) in [5.41, 5.74) is 5.97. The summed E-state index contributed by atoms with van der Waals surface area (Å²) >= 11 is 0. The lowest BCUT2D eigenvalue weighted by molar-refractivity contribution is -0.384. The van der Waals surface area contributed by atoms with E-state index in [2.05, 4.69) is 14.9 Å². The monoisotopic (exact) mass is 291 g/mol. The minimum absolute atomic E-state index is 0.0391. The van der Waals surface area contributed by atoms with Crippen LogP contribution in [0.5, 0.6) is 0 Å². The molecule has 1 aromatic heterocycles. The molecule has 0 fully saturated rings. The number of nitrogen functional groups attached to an aromatic ring is 1. The molecule has 0 aliphatic carbocycles. The molecule has 110 valence electrons. The van der Waals surface area contributed by atoms with E-state index in [1.165, 1.54) is 17.0 Å². The number of carbonyl (C=O) groups is 1. The molecule has 1 heterocycles. The van der Waals surface area contributed by atoms with Gasteiger partial charge in [-0.15, -0.1) is 0 Å². The molecule has 2 aromatic rings. The predicted octanol–water partition coefficient (Wildman–Crippen LogP) is 1.39. The maximum atomic E-state index is 12.2. The number of hydrogen-bond acceptors (Lipinski definition) is 7. The lowest BCUT2D eigenvalue weighted by Gasteiger charge is -2.24. The molecule has 1 atom stereocenters. The van der Waals surface area contributed by atoms with Crippen molar-refractivity contribution >= 4 is 17.4 Å². The van der Waals surface area contributed by atoms with Gasteiger partial charge in [0.2, 0.25) is 11.5 Å². The Hall–Kier alpha value is -2.97. The molecule has 0 bridgehead atoms. The molecule has 9 heteroatoms. The highest BCUT2D eigenvalue weighted by molar-refractivity contribution is 5.96. The smallest absolute Gasteiger partial charge is 0.280 e. The summed E-state index contributed by atoms with van der Waals surface area (Å²) in [5.74, 6) is -0.578. The first kappa shape index (κ1) is 14.4. The Kier molecular flexibility index (Phi) is 3.83. The summed E-state index contributed by atoms with van der Waals surface area (Å²) in [5, 5.41) is 17.6. The van der Waals surface area contributed by atoms with Crippen LogP contribution in [-0.2, 0) is 0 Å². The van der Waals surface area contributed by atoms with Crippen LogP contribution in [0, 0.1) is 10.1 Å². The zero-order valence-corrected chi connectivity index (χ0v) is 11.4. The van der Waals surface area contributed by atoms with Crippen LogP contribution in [0.4, 0.5) is 11.5 Å². The van der Waals surface area contributed by atoms with Crippen LogP contribution in [-0.4, -0.2) is 33.1 Å². The minimum Gasteiger partial charge on any atom is -0.379 e. The highest BCUT2D eigenvalue weighted by atomic mass is 16.6. The molecule has 0 spiro atoms. The Morgan fingerprint density at radius 3 is 2.76 bits per heavy atom. The molecule has 0 aliphatic rings. The number of non-ortho nitro benzene ring substituents is 1. The molecular formula is C12H13N5O4. The van der Waals surface area contributed by atoms with E-state index < -0.39 is 16.9 Å². The van der Waals surface area contributed by atoms with Gasteiger partial charge in [-0.3, -0.25) is 14.9 Å². The zero-order chi connectivity index (χ0) is 15.6. The molecule has 1 aromatic carbocycles. The van der Waals surface area contributed by atoms with Gasteiger partial charge in [0, 0.05) is 19.2 Å². The summed E-state index contributed by atoms with van der Waals surface area (Å²) < 4.78 is 4.39. The van der Waals surface area contributed by atoms with E-state index in [9.17, 15) is 14.9 Å². The van der Waals surface area contributed by atoms with Crippen LogP contribution in [0.15, 0.2) is 28.9 Å². The van der Waals surface area contributed by atoms with Crippen LogP contribution in [0.3, 0.4) is 0 Å². The average Bonchev–Trinajstić information content (AvgIpc) is 2.91. The molecule has 1 unspecified atom stereocenters. The normalized spacial score (nSPS) is 11.9. The van der Waals surface area contributed by atoms with E-state index in [-0.39, 0.29) is 17.2 Å². The Morgan fingerprint density at radius 1 is 1.48 bits per heavy atom. The van der Waals surface area contributed by atoms with Gasteiger partial charge in [0.1, 0.15) is 0 Å². The third kappa shape index (κ3) is 2.81. The number of benzene rings is 1. The van der Waals surface area contributed by atoms with Gasteiger partial charge in [-0.1, -0.05) is 12.1 Å². The van der Waals surface area contributed by atoms with Gasteiger partial charge < -0.3 is 10.6 Å². The van der Waals surface area contributed by atoms with Crippen LogP contribution in [0.1, 0.15) is 29.0 Å². The molecule has 2 rings (SSSR count). The summed E-state index contributed by atoms with van der Waals surface area (Å²) in [6, 6.07) is 5.66. The van der Waals surface area contributed by atoms with Crippen molar-refractivity contribution in [3.05, 3.63) is 45.6 Å². The van der Waals surface area contributed by atoms with Gasteiger partial charge in [0.15, 0.2) is 0 Å². The van der Waals surface area contributed by atoms with Crippen molar-refractivity contribution in [3.63, 3.8) is 0 Å². The van der Waals surface area contributed by atoms with Crippen molar-refractivity contribution < 1.29 is 14.3 Å². The third-order valence-corrected chi connectivity index (χ3v) is 3.18. The van der Waals surface area contributed by atoms with Crippen molar-refractivity contribution in [3.8, 4) is 0 Å². The fraction of sp³-hybridized carbons (Fsp3) is 0.250. The Balaban J connectivity index is 2.25. The van der Waals surface area contributed by atoms with Crippen molar-refractivity contribution in [1.82, 2.24) is 15.2 Å². The lowest BCUT2D eigenvalue weighted by Crippen LogP contribution is -2.30. The van der Waals surface area contributed by atoms with Crippen molar-refractivity contribution in [2.24, 2.45) is 0 Å². The van der Waals surface area contributed by atoms with Crippen LogP contribution < -0.4 is 5.73 Å². The highest BCUT2D eigenvalue weighted by Gasteiger charge is 2.25. The molecule has 21 heavy (non-hydrogen) atoms. The van der Waals surface area contributed by atoms with E-state index in [1.807, 2.05) is 0 Å². The number of aromatic nitrogens is 2. The second kappa shape index (κ2) is 5.57. The van der Waals surface area contributed by atoms with E-state index >= 15 is 0 Å². The van der Waals surface area contributed by atoms with E-state index in [1.54, 1.807) is 26.1 Å². The maximum absolute atomic E-state index is 12.2. The second-order valence-electron chi connectivity index (χ2n) is 4.44. The molecule has 0 aliphatic heterocycles. The summed E-state index contributed by atoms with van der Waals surface area (Å²) in [4.78, 5) is 23.9. The van der Waals surface area contributed by atoms with Crippen molar-refractivity contribution in [2.75, 3.05) is 12.8 Å².